The molecule has 0 rings (SSSR count). The Hall–Kier alpha value is -1.17. The minimum absolute atomic E-state index is 0.371. The fourth-order valence-corrected chi connectivity index (χ4v) is 0.534. The molecule has 3 heteroatoms. The van der Waals surface area contributed by atoms with Gasteiger partial charge >= 0.3 is 6.09 Å². The first-order valence-corrected chi connectivity index (χ1v) is 3.65. The van der Waals surface area contributed by atoms with Gasteiger partial charge in [-0.2, -0.15) is 0 Å². The number of hydrogen-bond donors (Lipinski definition) is 1. The second-order valence-electron chi connectivity index (χ2n) is 1.97. The molecular formula is C8H13NO2. The normalized spacial score (nSPS) is 8.36. The van der Waals surface area contributed by atoms with E-state index < -0.39 is 0 Å². The molecule has 0 aliphatic rings. The Balaban J connectivity index is 3.12. The molecule has 0 saturated carbocycles. The molecule has 11 heavy (non-hydrogen) atoms. The molecular weight excluding hydrogens is 142 g/mol. The van der Waals surface area contributed by atoms with Gasteiger partial charge in [-0.15, -0.1) is 12.3 Å². The van der Waals surface area contributed by atoms with E-state index in [4.69, 9.17) is 11.2 Å². The van der Waals surface area contributed by atoms with E-state index in [9.17, 15) is 4.79 Å². The summed E-state index contributed by atoms with van der Waals surface area (Å²) in [4.78, 5) is 10.6. The fraction of sp³-hybridized carbons (Fsp3) is 0.625. The lowest BCUT2D eigenvalue weighted by Gasteiger charge is -2.02. The van der Waals surface area contributed by atoms with E-state index in [1.807, 2.05) is 6.92 Å². The summed E-state index contributed by atoms with van der Waals surface area (Å²) >= 11 is 0. The molecule has 0 saturated heterocycles. The van der Waals surface area contributed by atoms with E-state index in [2.05, 4.69) is 11.2 Å². The molecule has 0 aliphatic heterocycles. The van der Waals surface area contributed by atoms with Crippen LogP contribution in [0.2, 0.25) is 0 Å². The molecule has 1 amide bonds. The van der Waals surface area contributed by atoms with Crippen LogP contribution in [0.3, 0.4) is 0 Å². The van der Waals surface area contributed by atoms with Crippen LogP contribution in [0, 0.1) is 12.3 Å². The summed E-state index contributed by atoms with van der Waals surface area (Å²) in [5.41, 5.74) is 0. The maximum absolute atomic E-state index is 10.6. The smallest absolute Gasteiger partial charge is 0.407 e. The third-order valence-electron chi connectivity index (χ3n) is 1.02. The van der Waals surface area contributed by atoms with E-state index >= 15 is 0 Å². The van der Waals surface area contributed by atoms with Crippen molar-refractivity contribution in [3.63, 3.8) is 0 Å². The van der Waals surface area contributed by atoms with Crippen LogP contribution in [0.15, 0.2) is 0 Å². The van der Waals surface area contributed by atoms with Gasteiger partial charge in [0, 0.05) is 13.0 Å². The quantitative estimate of drug-likeness (QED) is 0.488. The van der Waals surface area contributed by atoms with Crippen molar-refractivity contribution in [3.8, 4) is 12.3 Å². The Morgan fingerprint density at radius 1 is 1.73 bits per heavy atom. The van der Waals surface area contributed by atoms with Crippen LogP contribution in [-0.4, -0.2) is 19.2 Å². The number of alkyl carbamates (subject to hydrolysis) is 1. The summed E-state index contributed by atoms with van der Waals surface area (Å²) < 4.78 is 4.74. The number of terminal acetylenes is 1. The predicted molar refractivity (Wildman–Crippen MR) is 43.1 cm³/mol. The van der Waals surface area contributed by atoms with E-state index in [-0.39, 0.29) is 6.09 Å². The number of ether oxygens (including phenoxy) is 1. The predicted octanol–water partition coefficient (Wildman–Crippen LogP) is 1.15. The summed E-state index contributed by atoms with van der Waals surface area (Å²) in [6, 6.07) is 0. The van der Waals surface area contributed by atoms with Gasteiger partial charge in [0.2, 0.25) is 0 Å². The monoisotopic (exact) mass is 155 g/mol. The first kappa shape index (κ1) is 9.83. The standard InChI is InChI=1S/C8H13NO2/c1-3-5-6-7-11-8(10)9-4-2/h1H,4-7H2,2H3,(H,9,10). The second-order valence-corrected chi connectivity index (χ2v) is 1.97. The van der Waals surface area contributed by atoms with Crippen molar-refractivity contribution in [1.82, 2.24) is 5.32 Å². The topological polar surface area (TPSA) is 38.3 Å². The van der Waals surface area contributed by atoms with E-state index in [1.54, 1.807) is 0 Å². The van der Waals surface area contributed by atoms with Crippen LogP contribution in [0.5, 0.6) is 0 Å². The lowest BCUT2D eigenvalue weighted by Crippen LogP contribution is -2.23. The Labute approximate surface area is 67.1 Å². The average Bonchev–Trinajstić information content (AvgIpc) is 1.99. The molecule has 62 valence electrons. The molecule has 0 radical (unpaired) electrons. The van der Waals surface area contributed by atoms with Crippen LogP contribution < -0.4 is 5.32 Å². The van der Waals surface area contributed by atoms with Crippen molar-refractivity contribution in [1.29, 1.82) is 0 Å². The van der Waals surface area contributed by atoms with Crippen molar-refractivity contribution in [2.45, 2.75) is 19.8 Å². The Kier molecular flexibility index (Phi) is 6.20. The van der Waals surface area contributed by atoms with Gasteiger partial charge in [-0.25, -0.2) is 4.79 Å². The first-order chi connectivity index (χ1) is 5.31. The average molecular weight is 155 g/mol. The molecule has 0 bridgehead atoms. The van der Waals surface area contributed by atoms with E-state index in [1.165, 1.54) is 0 Å². The molecule has 0 atom stereocenters. The van der Waals surface area contributed by atoms with Crippen LogP contribution in [0.25, 0.3) is 0 Å². The number of carbonyl (C=O) groups is 1. The molecule has 0 spiro atoms. The van der Waals surface area contributed by atoms with Gasteiger partial charge < -0.3 is 10.1 Å². The Morgan fingerprint density at radius 2 is 2.45 bits per heavy atom. The number of carbonyl (C=O) groups excluding carboxylic acids is 1. The molecule has 0 fully saturated rings. The molecule has 0 aromatic heterocycles. The summed E-state index contributed by atoms with van der Waals surface area (Å²) in [5, 5.41) is 2.51. The zero-order chi connectivity index (χ0) is 8.53. The van der Waals surface area contributed by atoms with Gasteiger partial charge in [-0.3, -0.25) is 0 Å². The van der Waals surface area contributed by atoms with Crippen molar-refractivity contribution >= 4 is 6.09 Å². The van der Waals surface area contributed by atoms with E-state index in [0.29, 0.717) is 19.6 Å². The maximum atomic E-state index is 10.6. The molecule has 0 aromatic carbocycles. The van der Waals surface area contributed by atoms with Crippen molar-refractivity contribution in [3.05, 3.63) is 0 Å². The minimum atomic E-state index is -0.371. The third-order valence-corrected chi connectivity index (χ3v) is 1.02. The maximum Gasteiger partial charge on any atom is 0.407 e. The van der Waals surface area contributed by atoms with Gasteiger partial charge in [-0.05, 0) is 13.3 Å². The van der Waals surface area contributed by atoms with Crippen molar-refractivity contribution < 1.29 is 9.53 Å². The molecule has 0 aromatic rings. The lowest BCUT2D eigenvalue weighted by molar-refractivity contribution is 0.146. The highest BCUT2D eigenvalue weighted by Gasteiger charge is 1.96. The second kappa shape index (κ2) is 6.94. The summed E-state index contributed by atoms with van der Waals surface area (Å²) in [6.07, 6.45) is 6.01. The Bertz CT molecular complexity index is 149. The first-order valence-electron chi connectivity index (χ1n) is 3.65. The minimum Gasteiger partial charge on any atom is -0.450 e. The third kappa shape index (κ3) is 6.72. The highest BCUT2D eigenvalue weighted by molar-refractivity contribution is 5.66. The fourth-order valence-electron chi connectivity index (χ4n) is 0.534. The number of unbranched alkanes of at least 4 members (excludes halogenated alkanes) is 1. The zero-order valence-electron chi connectivity index (χ0n) is 6.72. The summed E-state index contributed by atoms with van der Waals surface area (Å²) in [7, 11) is 0. The summed E-state index contributed by atoms with van der Waals surface area (Å²) in [5.74, 6) is 2.46. The Morgan fingerprint density at radius 3 is 3.00 bits per heavy atom. The van der Waals surface area contributed by atoms with Crippen molar-refractivity contribution in [2.24, 2.45) is 0 Å². The van der Waals surface area contributed by atoms with Gasteiger partial charge in [-0.1, -0.05) is 0 Å². The highest BCUT2D eigenvalue weighted by Crippen LogP contribution is 1.87. The molecule has 0 unspecified atom stereocenters. The van der Waals surface area contributed by atoms with Gasteiger partial charge in [0.15, 0.2) is 0 Å². The van der Waals surface area contributed by atoms with Gasteiger partial charge in [0.05, 0.1) is 6.61 Å². The van der Waals surface area contributed by atoms with Crippen LogP contribution in [-0.2, 0) is 4.74 Å². The zero-order valence-corrected chi connectivity index (χ0v) is 6.72. The van der Waals surface area contributed by atoms with Crippen LogP contribution in [0.1, 0.15) is 19.8 Å². The lowest BCUT2D eigenvalue weighted by atomic mass is 10.3. The van der Waals surface area contributed by atoms with Gasteiger partial charge in [0.1, 0.15) is 0 Å². The van der Waals surface area contributed by atoms with Gasteiger partial charge in [0.25, 0.3) is 0 Å². The molecule has 0 aliphatic carbocycles. The highest BCUT2D eigenvalue weighted by atomic mass is 16.5. The number of rotatable bonds is 4. The van der Waals surface area contributed by atoms with Crippen molar-refractivity contribution in [2.75, 3.05) is 13.2 Å². The number of hydrogen-bond acceptors (Lipinski definition) is 2. The number of nitrogens with one attached hydrogen (secondary N) is 1. The summed E-state index contributed by atoms with van der Waals surface area (Å²) in [6.45, 7) is 2.83. The molecule has 0 heterocycles. The number of amides is 1. The largest absolute Gasteiger partial charge is 0.450 e. The van der Waals surface area contributed by atoms with Crippen LogP contribution in [0.4, 0.5) is 4.79 Å². The molecule has 1 N–H and O–H groups in total. The van der Waals surface area contributed by atoms with Crippen LogP contribution >= 0.6 is 0 Å². The van der Waals surface area contributed by atoms with E-state index in [0.717, 1.165) is 6.42 Å². The molecule has 3 nitrogen and oxygen atoms in total. The SMILES string of the molecule is C#CCCCOC(=O)NCC.